The maximum atomic E-state index is 12.5. The number of benzene rings is 1. The number of allylic oxidation sites excluding steroid dienone is 2. The van der Waals surface area contributed by atoms with E-state index in [0.29, 0.717) is 18.0 Å². The predicted molar refractivity (Wildman–Crippen MR) is 85.5 cm³/mol. The number of nitrogens with one attached hydrogen (secondary N) is 1. The second kappa shape index (κ2) is 6.75. The fourth-order valence-electron chi connectivity index (χ4n) is 3.81. The summed E-state index contributed by atoms with van der Waals surface area (Å²) in [6, 6.07) is 7.49. The molecule has 3 aliphatic carbocycles. The number of carbonyl (C=O) groups excluding carboxylic acids is 2. The maximum absolute atomic E-state index is 12.5. The van der Waals surface area contributed by atoms with Crippen molar-refractivity contribution in [2.45, 2.75) is 19.3 Å². The van der Waals surface area contributed by atoms with Crippen LogP contribution >= 0.6 is 11.6 Å². The van der Waals surface area contributed by atoms with E-state index in [4.69, 9.17) is 11.6 Å². The average molecular weight is 333 g/mol. The Morgan fingerprint density at radius 1 is 1.17 bits per heavy atom. The van der Waals surface area contributed by atoms with Gasteiger partial charge in [0.15, 0.2) is 0 Å². The van der Waals surface area contributed by atoms with Gasteiger partial charge in [0, 0.05) is 23.5 Å². The molecular formula is C18H19ClNO3-. The van der Waals surface area contributed by atoms with Crippen molar-refractivity contribution in [3.8, 4) is 0 Å². The summed E-state index contributed by atoms with van der Waals surface area (Å²) in [7, 11) is 0. The molecule has 0 aliphatic heterocycles. The second-order valence-electron chi connectivity index (χ2n) is 6.33. The highest BCUT2D eigenvalue weighted by molar-refractivity contribution is 6.30. The van der Waals surface area contributed by atoms with E-state index in [-0.39, 0.29) is 17.7 Å². The van der Waals surface area contributed by atoms with Crippen molar-refractivity contribution >= 4 is 23.5 Å². The third-order valence-corrected chi connectivity index (χ3v) is 5.16. The van der Waals surface area contributed by atoms with Crippen LogP contribution in [0.5, 0.6) is 0 Å². The summed E-state index contributed by atoms with van der Waals surface area (Å²) in [6.45, 7) is 0.469. The average Bonchev–Trinajstić information content (AvgIpc) is 2.55. The highest BCUT2D eigenvalue weighted by Gasteiger charge is 2.44. The predicted octanol–water partition coefficient (Wildman–Crippen LogP) is 1.58. The number of hydrogen-bond acceptors (Lipinski definition) is 3. The van der Waals surface area contributed by atoms with E-state index in [0.717, 1.165) is 18.4 Å². The molecule has 122 valence electrons. The maximum Gasteiger partial charge on any atom is 0.224 e. The quantitative estimate of drug-likeness (QED) is 0.832. The summed E-state index contributed by atoms with van der Waals surface area (Å²) < 4.78 is 0. The lowest BCUT2D eigenvalue weighted by Crippen LogP contribution is -2.52. The van der Waals surface area contributed by atoms with Gasteiger partial charge in [-0.05, 0) is 48.8 Å². The van der Waals surface area contributed by atoms with Crippen molar-refractivity contribution in [2.24, 2.45) is 23.7 Å². The Hall–Kier alpha value is -1.81. The molecule has 0 saturated heterocycles. The largest absolute Gasteiger partial charge is 0.550 e. The van der Waals surface area contributed by atoms with E-state index in [1.807, 2.05) is 30.4 Å². The second-order valence-corrected chi connectivity index (χ2v) is 6.77. The molecule has 1 amide bonds. The molecule has 1 fully saturated rings. The van der Waals surface area contributed by atoms with Crippen molar-refractivity contribution in [1.82, 2.24) is 5.32 Å². The van der Waals surface area contributed by atoms with Gasteiger partial charge in [-0.15, -0.1) is 0 Å². The van der Waals surface area contributed by atoms with Crippen LogP contribution in [0.2, 0.25) is 5.02 Å². The number of fused-ring (bicyclic) bond motifs is 2. The van der Waals surface area contributed by atoms with Crippen molar-refractivity contribution in [3.63, 3.8) is 0 Å². The Morgan fingerprint density at radius 3 is 2.48 bits per heavy atom. The number of carboxylic acids is 1. The first-order valence-corrected chi connectivity index (χ1v) is 8.35. The molecule has 1 saturated carbocycles. The first kappa shape index (κ1) is 16.1. The first-order valence-electron chi connectivity index (χ1n) is 7.97. The number of carboxylic acid groups (broad SMARTS) is 1. The van der Waals surface area contributed by atoms with E-state index in [9.17, 15) is 14.7 Å². The minimum Gasteiger partial charge on any atom is -0.550 e. The van der Waals surface area contributed by atoms with Crippen LogP contribution in [0.3, 0.4) is 0 Å². The van der Waals surface area contributed by atoms with Gasteiger partial charge in [0.05, 0.1) is 5.92 Å². The first-order chi connectivity index (χ1) is 11.1. The molecule has 1 aromatic rings. The summed E-state index contributed by atoms with van der Waals surface area (Å²) in [4.78, 5) is 23.9. The lowest BCUT2D eigenvalue weighted by atomic mass is 9.62. The van der Waals surface area contributed by atoms with Crippen molar-refractivity contribution < 1.29 is 14.7 Å². The summed E-state index contributed by atoms with van der Waals surface area (Å²) in [5.41, 5.74) is 1.04. The Kier molecular flexibility index (Phi) is 4.71. The highest BCUT2D eigenvalue weighted by atomic mass is 35.5. The molecule has 0 radical (unpaired) electrons. The van der Waals surface area contributed by atoms with Crippen LogP contribution in [0, 0.1) is 23.7 Å². The number of carbonyl (C=O) groups is 2. The SMILES string of the molecule is O=C(NCCc1cccc(Cl)c1)[C@@H]1[C@H](C(=O)[O-])[C@H]2C=C[C@@H]1CC2. The fourth-order valence-corrected chi connectivity index (χ4v) is 4.03. The van der Waals surface area contributed by atoms with Crippen LogP contribution in [-0.4, -0.2) is 18.4 Å². The molecule has 23 heavy (non-hydrogen) atoms. The van der Waals surface area contributed by atoms with Gasteiger partial charge in [0.1, 0.15) is 0 Å². The molecule has 2 bridgehead atoms. The molecule has 0 aromatic heterocycles. The molecule has 0 unspecified atom stereocenters. The minimum atomic E-state index is -1.11. The van der Waals surface area contributed by atoms with Crippen LogP contribution < -0.4 is 10.4 Å². The third kappa shape index (κ3) is 3.42. The van der Waals surface area contributed by atoms with E-state index in [1.54, 1.807) is 6.07 Å². The van der Waals surface area contributed by atoms with Crippen molar-refractivity contribution in [1.29, 1.82) is 0 Å². The zero-order valence-electron chi connectivity index (χ0n) is 12.7. The van der Waals surface area contributed by atoms with Gasteiger partial charge >= 0.3 is 0 Å². The molecule has 0 heterocycles. The normalized spacial score (nSPS) is 28.6. The number of hydrogen-bond donors (Lipinski definition) is 1. The monoisotopic (exact) mass is 332 g/mol. The summed E-state index contributed by atoms with van der Waals surface area (Å²) in [5, 5.41) is 15.0. The third-order valence-electron chi connectivity index (χ3n) is 4.93. The Bertz CT molecular complexity index is 643. The number of halogens is 1. The Morgan fingerprint density at radius 2 is 1.87 bits per heavy atom. The van der Waals surface area contributed by atoms with E-state index in [1.165, 1.54) is 0 Å². The van der Waals surface area contributed by atoms with Crippen LogP contribution in [-0.2, 0) is 16.0 Å². The van der Waals surface area contributed by atoms with E-state index >= 15 is 0 Å². The van der Waals surface area contributed by atoms with Crippen molar-refractivity contribution in [3.05, 3.63) is 47.0 Å². The lowest BCUT2D eigenvalue weighted by molar-refractivity contribution is -0.316. The number of amides is 1. The zero-order valence-corrected chi connectivity index (χ0v) is 13.5. The zero-order chi connectivity index (χ0) is 16.4. The van der Waals surface area contributed by atoms with E-state index < -0.39 is 17.8 Å². The molecular weight excluding hydrogens is 314 g/mol. The smallest absolute Gasteiger partial charge is 0.224 e. The molecule has 1 aromatic carbocycles. The topological polar surface area (TPSA) is 69.2 Å². The number of aliphatic carboxylic acids is 1. The standard InChI is InChI=1S/C18H20ClNO3/c19-14-3-1-2-11(10-14)8-9-20-17(21)15-12-4-6-13(7-5-12)16(15)18(22)23/h1-4,6,10,12-13,15-16H,5,7-9H2,(H,20,21)(H,22,23)/p-1/t12-,13+,15+,16-/m1/s1. The molecule has 4 rings (SSSR count). The molecule has 3 aliphatic rings. The van der Waals surface area contributed by atoms with Gasteiger partial charge < -0.3 is 15.2 Å². The molecule has 1 N–H and O–H groups in total. The Labute approximate surface area is 140 Å². The van der Waals surface area contributed by atoms with Gasteiger partial charge in [-0.1, -0.05) is 35.9 Å². The van der Waals surface area contributed by atoms with Crippen LogP contribution in [0.15, 0.2) is 36.4 Å². The van der Waals surface area contributed by atoms with Gasteiger partial charge in [0.25, 0.3) is 0 Å². The molecule has 4 nitrogen and oxygen atoms in total. The highest BCUT2D eigenvalue weighted by Crippen LogP contribution is 2.44. The summed E-state index contributed by atoms with van der Waals surface area (Å²) in [6.07, 6.45) is 6.29. The molecule has 0 spiro atoms. The molecule has 5 heteroatoms. The number of rotatable bonds is 5. The summed E-state index contributed by atoms with van der Waals surface area (Å²) in [5.74, 6) is -2.57. The van der Waals surface area contributed by atoms with Crippen LogP contribution in [0.25, 0.3) is 0 Å². The van der Waals surface area contributed by atoms with Gasteiger partial charge in [-0.3, -0.25) is 4.79 Å². The van der Waals surface area contributed by atoms with Crippen LogP contribution in [0.4, 0.5) is 0 Å². The Balaban J connectivity index is 1.61. The van der Waals surface area contributed by atoms with Crippen LogP contribution in [0.1, 0.15) is 18.4 Å². The van der Waals surface area contributed by atoms with Gasteiger partial charge in [0.2, 0.25) is 5.91 Å². The van der Waals surface area contributed by atoms with Gasteiger partial charge in [-0.25, -0.2) is 0 Å². The van der Waals surface area contributed by atoms with Crippen molar-refractivity contribution in [2.75, 3.05) is 6.54 Å². The lowest BCUT2D eigenvalue weighted by Gasteiger charge is -2.44. The molecule has 4 atom stereocenters. The minimum absolute atomic E-state index is 0.00840. The van der Waals surface area contributed by atoms with E-state index in [2.05, 4.69) is 5.32 Å². The fraction of sp³-hybridized carbons (Fsp3) is 0.444. The summed E-state index contributed by atoms with van der Waals surface area (Å²) >= 11 is 5.94. The van der Waals surface area contributed by atoms with Gasteiger partial charge in [-0.2, -0.15) is 0 Å².